The molecule has 1 saturated heterocycles. The molecule has 7 heteroatoms. The Morgan fingerprint density at radius 1 is 1.00 bits per heavy atom. The van der Waals surface area contributed by atoms with E-state index < -0.39 is 0 Å². The first kappa shape index (κ1) is 17.4. The quantitative estimate of drug-likeness (QED) is 0.822. The monoisotopic (exact) mass is 374 g/mol. The van der Waals surface area contributed by atoms with Gasteiger partial charge in [-0.2, -0.15) is 0 Å². The number of carbonyl (C=O) groups is 1. The standard InChI is InChI=1S/C19H23FN4OS/c20-16-8-6-15(7-9-16)18(25)23-10-12-24(13-11-23)19-22-21-17(26-19)14-4-2-1-3-5-14/h6-9,14H,1-5,10-13H2. The second-order valence-electron chi connectivity index (χ2n) is 7.04. The first-order valence-electron chi connectivity index (χ1n) is 9.34. The molecule has 0 N–H and O–H groups in total. The minimum Gasteiger partial charge on any atom is -0.343 e. The molecule has 2 aromatic rings. The van der Waals surface area contributed by atoms with Crippen molar-refractivity contribution in [2.75, 3.05) is 31.1 Å². The molecule has 2 heterocycles. The summed E-state index contributed by atoms with van der Waals surface area (Å²) in [7, 11) is 0. The zero-order valence-corrected chi connectivity index (χ0v) is 15.6. The SMILES string of the molecule is O=C(c1ccc(F)cc1)N1CCN(c2nnc(C3CCCCC3)s2)CC1. The van der Waals surface area contributed by atoms with E-state index >= 15 is 0 Å². The summed E-state index contributed by atoms with van der Waals surface area (Å²) in [5, 5.41) is 11.0. The number of hydrogen-bond donors (Lipinski definition) is 0. The highest BCUT2D eigenvalue weighted by atomic mass is 32.1. The van der Waals surface area contributed by atoms with E-state index in [4.69, 9.17) is 0 Å². The lowest BCUT2D eigenvalue weighted by Crippen LogP contribution is -2.48. The number of halogens is 1. The molecule has 4 rings (SSSR count). The molecule has 2 fully saturated rings. The van der Waals surface area contributed by atoms with Crippen LogP contribution in [0.25, 0.3) is 0 Å². The molecular formula is C19H23FN4OS. The smallest absolute Gasteiger partial charge is 0.253 e. The molecular weight excluding hydrogens is 351 g/mol. The minimum absolute atomic E-state index is 0.0372. The third-order valence-corrected chi connectivity index (χ3v) is 6.46. The van der Waals surface area contributed by atoms with Gasteiger partial charge in [-0.3, -0.25) is 4.79 Å². The normalized spacial score (nSPS) is 19.0. The van der Waals surface area contributed by atoms with E-state index in [0.29, 0.717) is 24.6 Å². The number of benzene rings is 1. The molecule has 138 valence electrons. The fourth-order valence-corrected chi connectivity index (χ4v) is 4.81. The van der Waals surface area contributed by atoms with Crippen LogP contribution in [0.2, 0.25) is 0 Å². The van der Waals surface area contributed by atoms with Crippen molar-refractivity contribution >= 4 is 22.4 Å². The Morgan fingerprint density at radius 2 is 1.69 bits per heavy atom. The zero-order chi connectivity index (χ0) is 17.9. The molecule has 0 atom stereocenters. The van der Waals surface area contributed by atoms with E-state index in [0.717, 1.165) is 18.2 Å². The summed E-state index contributed by atoms with van der Waals surface area (Å²) in [5.74, 6) is 0.220. The topological polar surface area (TPSA) is 49.3 Å². The summed E-state index contributed by atoms with van der Waals surface area (Å²) in [6.07, 6.45) is 6.39. The van der Waals surface area contributed by atoms with Gasteiger partial charge in [0.15, 0.2) is 0 Å². The third-order valence-electron chi connectivity index (χ3n) is 5.31. The van der Waals surface area contributed by atoms with Crippen LogP contribution >= 0.6 is 11.3 Å². The van der Waals surface area contributed by atoms with Crippen LogP contribution in [0.4, 0.5) is 9.52 Å². The lowest BCUT2D eigenvalue weighted by molar-refractivity contribution is 0.0746. The predicted octanol–water partition coefficient (Wildman–Crippen LogP) is 3.69. The van der Waals surface area contributed by atoms with E-state index in [9.17, 15) is 9.18 Å². The highest BCUT2D eigenvalue weighted by Crippen LogP contribution is 2.36. The van der Waals surface area contributed by atoms with Crippen LogP contribution in [0.5, 0.6) is 0 Å². The number of anilines is 1. The number of hydrogen-bond acceptors (Lipinski definition) is 5. The number of carbonyl (C=O) groups excluding carboxylic acids is 1. The Bertz CT molecular complexity index is 749. The Kier molecular flexibility index (Phi) is 5.15. The molecule has 0 bridgehead atoms. The summed E-state index contributed by atoms with van der Waals surface area (Å²) >= 11 is 1.71. The van der Waals surface area contributed by atoms with Gasteiger partial charge in [0.05, 0.1) is 0 Å². The number of piperazine rings is 1. The number of aromatic nitrogens is 2. The average Bonchev–Trinajstić information content (AvgIpc) is 3.19. The lowest BCUT2D eigenvalue weighted by atomic mass is 9.90. The molecule has 0 unspecified atom stereocenters. The molecule has 0 spiro atoms. The molecule has 1 aliphatic carbocycles. The molecule has 5 nitrogen and oxygen atoms in total. The Hall–Kier alpha value is -2.02. The van der Waals surface area contributed by atoms with Gasteiger partial charge in [0.1, 0.15) is 10.8 Å². The Morgan fingerprint density at radius 3 is 2.38 bits per heavy atom. The van der Waals surface area contributed by atoms with Crippen LogP contribution in [-0.4, -0.2) is 47.2 Å². The highest BCUT2D eigenvalue weighted by Gasteiger charge is 2.26. The first-order chi connectivity index (χ1) is 12.7. The van der Waals surface area contributed by atoms with Crippen molar-refractivity contribution in [2.24, 2.45) is 0 Å². The third kappa shape index (κ3) is 3.72. The van der Waals surface area contributed by atoms with Crippen molar-refractivity contribution in [2.45, 2.75) is 38.0 Å². The summed E-state index contributed by atoms with van der Waals surface area (Å²) in [6, 6.07) is 5.76. The van der Waals surface area contributed by atoms with E-state index in [2.05, 4.69) is 15.1 Å². The summed E-state index contributed by atoms with van der Waals surface area (Å²) in [6.45, 7) is 2.81. The predicted molar refractivity (Wildman–Crippen MR) is 100 cm³/mol. The molecule has 1 aromatic carbocycles. The zero-order valence-electron chi connectivity index (χ0n) is 14.7. The van der Waals surface area contributed by atoms with E-state index in [1.165, 1.54) is 49.2 Å². The number of rotatable bonds is 3. The van der Waals surface area contributed by atoms with Gasteiger partial charge in [0.25, 0.3) is 5.91 Å². The van der Waals surface area contributed by atoms with Crippen molar-refractivity contribution in [3.05, 3.63) is 40.7 Å². The van der Waals surface area contributed by atoms with Crippen molar-refractivity contribution in [3.63, 3.8) is 0 Å². The Balaban J connectivity index is 1.35. The fraction of sp³-hybridized carbons (Fsp3) is 0.526. The molecule has 1 aromatic heterocycles. The van der Waals surface area contributed by atoms with Gasteiger partial charge in [-0.25, -0.2) is 4.39 Å². The highest BCUT2D eigenvalue weighted by molar-refractivity contribution is 7.15. The molecule has 1 saturated carbocycles. The van der Waals surface area contributed by atoms with Gasteiger partial charge in [-0.15, -0.1) is 10.2 Å². The molecule has 26 heavy (non-hydrogen) atoms. The van der Waals surface area contributed by atoms with Crippen LogP contribution in [0.15, 0.2) is 24.3 Å². The van der Waals surface area contributed by atoms with Gasteiger partial charge in [0, 0.05) is 37.7 Å². The van der Waals surface area contributed by atoms with Crippen LogP contribution < -0.4 is 4.90 Å². The van der Waals surface area contributed by atoms with Crippen LogP contribution in [-0.2, 0) is 0 Å². The molecule has 2 aliphatic rings. The van der Waals surface area contributed by atoms with Crippen LogP contribution in [0, 0.1) is 5.82 Å². The van der Waals surface area contributed by atoms with Gasteiger partial charge < -0.3 is 9.80 Å². The largest absolute Gasteiger partial charge is 0.343 e. The van der Waals surface area contributed by atoms with E-state index in [-0.39, 0.29) is 11.7 Å². The molecule has 1 amide bonds. The maximum absolute atomic E-state index is 13.0. The molecule has 1 aliphatic heterocycles. The van der Waals surface area contributed by atoms with Crippen molar-refractivity contribution in [3.8, 4) is 0 Å². The maximum Gasteiger partial charge on any atom is 0.253 e. The van der Waals surface area contributed by atoms with Gasteiger partial charge in [0.2, 0.25) is 5.13 Å². The van der Waals surface area contributed by atoms with Crippen LogP contribution in [0.3, 0.4) is 0 Å². The minimum atomic E-state index is -0.323. The summed E-state index contributed by atoms with van der Waals surface area (Å²) in [4.78, 5) is 16.6. The van der Waals surface area contributed by atoms with Crippen molar-refractivity contribution in [1.29, 1.82) is 0 Å². The number of amides is 1. The van der Waals surface area contributed by atoms with Crippen LogP contribution in [0.1, 0.15) is 53.4 Å². The Labute approximate surface area is 156 Å². The van der Waals surface area contributed by atoms with Crippen molar-refractivity contribution < 1.29 is 9.18 Å². The molecule has 0 radical (unpaired) electrons. The van der Waals surface area contributed by atoms with E-state index in [1.807, 2.05) is 4.90 Å². The first-order valence-corrected chi connectivity index (χ1v) is 10.2. The summed E-state index contributed by atoms with van der Waals surface area (Å²) in [5.41, 5.74) is 0.537. The lowest BCUT2D eigenvalue weighted by Gasteiger charge is -2.34. The fourth-order valence-electron chi connectivity index (χ4n) is 3.74. The van der Waals surface area contributed by atoms with Gasteiger partial charge in [-0.05, 0) is 37.1 Å². The summed E-state index contributed by atoms with van der Waals surface area (Å²) < 4.78 is 13.0. The average molecular weight is 374 g/mol. The van der Waals surface area contributed by atoms with Crippen molar-refractivity contribution in [1.82, 2.24) is 15.1 Å². The second-order valence-corrected chi connectivity index (χ2v) is 8.03. The second kappa shape index (κ2) is 7.70. The van der Waals surface area contributed by atoms with Gasteiger partial charge >= 0.3 is 0 Å². The maximum atomic E-state index is 13.0. The number of nitrogens with zero attached hydrogens (tertiary/aromatic N) is 4. The van der Waals surface area contributed by atoms with E-state index in [1.54, 1.807) is 23.5 Å². The van der Waals surface area contributed by atoms with Gasteiger partial charge in [-0.1, -0.05) is 30.6 Å².